The first-order chi connectivity index (χ1) is 9.65. The van der Waals surface area contributed by atoms with Crippen LogP contribution in [0, 0.1) is 0 Å². The third kappa shape index (κ3) is 3.70. The monoisotopic (exact) mass is 279 g/mol. The van der Waals surface area contributed by atoms with Gasteiger partial charge in [-0.3, -0.25) is 0 Å². The van der Waals surface area contributed by atoms with Gasteiger partial charge in [0, 0.05) is 18.4 Å². The highest BCUT2D eigenvalue weighted by atomic mass is 16.5. The lowest BCUT2D eigenvalue weighted by molar-refractivity contribution is -0.0731. The average molecular weight is 279 g/mol. The summed E-state index contributed by atoms with van der Waals surface area (Å²) in [5.41, 5.74) is 6.89. The van der Waals surface area contributed by atoms with Crippen LogP contribution in [0.1, 0.15) is 58.6 Å². The van der Waals surface area contributed by atoms with Crippen molar-refractivity contribution in [2.45, 2.75) is 58.6 Å². The van der Waals surface area contributed by atoms with Crippen LogP contribution in [-0.4, -0.2) is 23.7 Å². The molecular weight excluding hydrogens is 250 g/mol. The van der Waals surface area contributed by atoms with Crippen LogP contribution in [-0.2, 0) is 4.74 Å². The molecular formula is C16H29N3O. The fourth-order valence-electron chi connectivity index (χ4n) is 2.78. The zero-order valence-corrected chi connectivity index (χ0v) is 13.3. The number of pyridine rings is 1. The summed E-state index contributed by atoms with van der Waals surface area (Å²) in [6, 6.07) is 4.06. The van der Waals surface area contributed by atoms with E-state index in [0.717, 1.165) is 31.4 Å². The largest absolute Gasteiger partial charge is 0.383 e. The molecule has 0 saturated carbocycles. The van der Waals surface area contributed by atoms with Crippen molar-refractivity contribution in [2.75, 3.05) is 18.9 Å². The van der Waals surface area contributed by atoms with Crippen molar-refractivity contribution in [2.24, 2.45) is 0 Å². The van der Waals surface area contributed by atoms with Crippen LogP contribution in [0.4, 0.5) is 5.82 Å². The number of ether oxygens (including phenoxy) is 1. The summed E-state index contributed by atoms with van der Waals surface area (Å²) in [6.45, 7) is 10.2. The van der Waals surface area contributed by atoms with Gasteiger partial charge in [-0.25, -0.2) is 4.98 Å². The van der Waals surface area contributed by atoms with E-state index in [1.807, 2.05) is 13.0 Å². The Kier molecular flexibility index (Phi) is 6.96. The van der Waals surface area contributed by atoms with Crippen LogP contribution in [0.25, 0.3) is 0 Å². The molecule has 20 heavy (non-hydrogen) atoms. The van der Waals surface area contributed by atoms with Crippen LogP contribution >= 0.6 is 0 Å². The molecule has 0 aliphatic rings. The Balaban J connectivity index is 3.18. The smallest absolute Gasteiger partial charge is 0.128 e. The van der Waals surface area contributed by atoms with Gasteiger partial charge in [-0.15, -0.1) is 0 Å². The van der Waals surface area contributed by atoms with Crippen LogP contribution in [0.3, 0.4) is 0 Å². The van der Waals surface area contributed by atoms with E-state index in [0.29, 0.717) is 12.4 Å². The second-order valence-corrected chi connectivity index (χ2v) is 5.07. The molecule has 4 nitrogen and oxygen atoms in total. The Hall–Kier alpha value is -1.13. The lowest BCUT2D eigenvalue weighted by atomic mass is 9.83. The predicted molar refractivity (Wildman–Crippen MR) is 84.6 cm³/mol. The van der Waals surface area contributed by atoms with E-state index in [2.05, 4.69) is 37.1 Å². The van der Waals surface area contributed by atoms with Crippen molar-refractivity contribution in [3.05, 3.63) is 23.9 Å². The number of aromatic nitrogens is 1. The van der Waals surface area contributed by atoms with Crippen LogP contribution in [0.5, 0.6) is 0 Å². The minimum absolute atomic E-state index is 0.0751. The molecule has 0 saturated heterocycles. The van der Waals surface area contributed by atoms with Crippen LogP contribution < -0.4 is 11.1 Å². The summed E-state index contributed by atoms with van der Waals surface area (Å²) in [5.74, 6) is 0.590. The highest BCUT2D eigenvalue weighted by Gasteiger charge is 2.38. The number of nitrogens with zero attached hydrogens (tertiary/aromatic N) is 1. The lowest BCUT2D eigenvalue weighted by Crippen LogP contribution is -2.46. The van der Waals surface area contributed by atoms with Gasteiger partial charge < -0.3 is 15.8 Å². The first-order valence-electron chi connectivity index (χ1n) is 7.72. The van der Waals surface area contributed by atoms with Crippen molar-refractivity contribution in [1.29, 1.82) is 0 Å². The molecule has 1 rings (SSSR count). The molecule has 3 N–H and O–H groups in total. The van der Waals surface area contributed by atoms with Gasteiger partial charge in [0.25, 0.3) is 0 Å². The molecule has 1 heterocycles. The average Bonchev–Trinajstić information content (AvgIpc) is 2.48. The van der Waals surface area contributed by atoms with Crippen molar-refractivity contribution in [3.8, 4) is 0 Å². The van der Waals surface area contributed by atoms with E-state index in [4.69, 9.17) is 10.5 Å². The highest BCUT2D eigenvalue weighted by Crippen LogP contribution is 2.37. The van der Waals surface area contributed by atoms with E-state index >= 15 is 0 Å². The molecule has 0 spiro atoms. The third-order valence-corrected chi connectivity index (χ3v) is 3.94. The minimum atomic E-state index is -0.235. The Labute approximate surface area is 123 Å². The molecule has 0 radical (unpaired) electrons. The van der Waals surface area contributed by atoms with E-state index < -0.39 is 0 Å². The van der Waals surface area contributed by atoms with E-state index in [1.165, 1.54) is 0 Å². The Morgan fingerprint density at radius 2 is 2.00 bits per heavy atom. The topological polar surface area (TPSA) is 60.2 Å². The summed E-state index contributed by atoms with van der Waals surface area (Å²) < 4.78 is 6.15. The fraction of sp³-hybridized carbons (Fsp3) is 0.688. The van der Waals surface area contributed by atoms with Gasteiger partial charge >= 0.3 is 0 Å². The molecule has 0 aromatic carbocycles. The molecule has 4 heteroatoms. The third-order valence-electron chi connectivity index (χ3n) is 3.94. The van der Waals surface area contributed by atoms with Crippen molar-refractivity contribution < 1.29 is 4.74 Å². The summed E-state index contributed by atoms with van der Waals surface area (Å²) in [6.07, 6.45) is 4.68. The second kappa shape index (κ2) is 8.22. The SMILES string of the molecule is CCCNC(c1cccnc1N)C(CC)(CC)OCC. The van der Waals surface area contributed by atoms with Crippen molar-refractivity contribution in [3.63, 3.8) is 0 Å². The normalized spacial score (nSPS) is 13.4. The summed E-state index contributed by atoms with van der Waals surface area (Å²) in [7, 11) is 0. The summed E-state index contributed by atoms with van der Waals surface area (Å²) >= 11 is 0. The van der Waals surface area contributed by atoms with Gasteiger partial charge in [-0.1, -0.05) is 26.8 Å². The van der Waals surface area contributed by atoms with Gasteiger partial charge in [0.2, 0.25) is 0 Å². The van der Waals surface area contributed by atoms with Gasteiger partial charge in [-0.05, 0) is 38.8 Å². The zero-order chi connectivity index (χ0) is 15.0. The van der Waals surface area contributed by atoms with Crippen molar-refractivity contribution in [1.82, 2.24) is 10.3 Å². The number of hydrogen-bond donors (Lipinski definition) is 2. The molecule has 1 atom stereocenters. The summed E-state index contributed by atoms with van der Waals surface area (Å²) in [5, 5.41) is 3.61. The van der Waals surface area contributed by atoms with Gasteiger partial charge in [-0.2, -0.15) is 0 Å². The number of nitrogens with two attached hydrogens (primary N) is 1. The molecule has 1 aromatic rings. The van der Waals surface area contributed by atoms with Crippen LogP contribution in [0.2, 0.25) is 0 Å². The first-order valence-corrected chi connectivity index (χ1v) is 7.72. The molecule has 0 bridgehead atoms. The van der Waals surface area contributed by atoms with Gasteiger partial charge in [0.15, 0.2) is 0 Å². The molecule has 0 aliphatic heterocycles. The van der Waals surface area contributed by atoms with Gasteiger partial charge in [0.1, 0.15) is 5.82 Å². The van der Waals surface area contributed by atoms with Gasteiger partial charge in [0.05, 0.1) is 11.6 Å². The molecule has 114 valence electrons. The maximum atomic E-state index is 6.15. The molecule has 1 unspecified atom stereocenters. The molecule has 0 amide bonds. The number of rotatable bonds is 9. The molecule has 0 aliphatic carbocycles. The number of nitrogens with one attached hydrogen (secondary N) is 1. The number of hydrogen-bond acceptors (Lipinski definition) is 4. The van der Waals surface area contributed by atoms with Crippen LogP contribution in [0.15, 0.2) is 18.3 Å². The fourth-order valence-corrected chi connectivity index (χ4v) is 2.78. The molecule has 1 aromatic heterocycles. The molecule has 0 fully saturated rings. The van der Waals surface area contributed by atoms with Crippen molar-refractivity contribution >= 4 is 5.82 Å². The van der Waals surface area contributed by atoms with E-state index in [1.54, 1.807) is 6.20 Å². The number of anilines is 1. The predicted octanol–water partition coefficient (Wildman–Crippen LogP) is 3.30. The Morgan fingerprint density at radius 3 is 2.50 bits per heavy atom. The van der Waals surface area contributed by atoms with E-state index in [9.17, 15) is 0 Å². The minimum Gasteiger partial charge on any atom is -0.383 e. The quantitative estimate of drug-likeness (QED) is 0.728. The summed E-state index contributed by atoms with van der Waals surface area (Å²) in [4.78, 5) is 4.23. The zero-order valence-electron chi connectivity index (χ0n) is 13.3. The standard InChI is InChI=1S/C16H29N3O/c1-5-11-18-14(13-10-9-12-19-15(13)17)16(6-2,7-3)20-8-4/h9-10,12,14,18H,5-8,11H2,1-4H3,(H2,17,19). The lowest BCUT2D eigenvalue weighted by Gasteiger charge is -2.40. The Bertz CT molecular complexity index is 391. The Morgan fingerprint density at radius 1 is 1.30 bits per heavy atom. The number of nitrogen functional groups attached to an aromatic ring is 1. The first kappa shape index (κ1) is 16.9. The maximum absolute atomic E-state index is 6.15. The van der Waals surface area contributed by atoms with E-state index in [-0.39, 0.29) is 11.6 Å². The highest BCUT2D eigenvalue weighted by molar-refractivity contribution is 5.42. The second-order valence-electron chi connectivity index (χ2n) is 5.07. The maximum Gasteiger partial charge on any atom is 0.128 e.